The van der Waals surface area contributed by atoms with Gasteiger partial charge in [0.2, 0.25) is 0 Å². The molecule has 1 saturated carbocycles. The van der Waals surface area contributed by atoms with Crippen molar-refractivity contribution in [2.45, 2.75) is 59.0 Å². The first kappa shape index (κ1) is 15.3. The van der Waals surface area contributed by atoms with Crippen molar-refractivity contribution in [1.82, 2.24) is 15.6 Å². The zero-order valence-corrected chi connectivity index (χ0v) is 13.6. The third-order valence-electron chi connectivity index (χ3n) is 4.11. The van der Waals surface area contributed by atoms with Crippen LogP contribution in [-0.4, -0.2) is 17.1 Å². The summed E-state index contributed by atoms with van der Waals surface area (Å²) >= 11 is 1.63. The Morgan fingerprint density at radius 1 is 1.45 bits per heavy atom. The number of rotatable bonds is 3. The van der Waals surface area contributed by atoms with Crippen LogP contribution in [0.2, 0.25) is 0 Å². The summed E-state index contributed by atoms with van der Waals surface area (Å²) in [6.07, 6.45) is 5.34. The van der Waals surface area contributed by atoms with Crippen molar-refractivity contribution in [2.24, 2.45) is 11.8 Å². The number of nitrogens with zero attached hydrogens (tertiary/aromatic N) is 1. The topological polar surface area (TPSA) is 54.0 Å². The number of urea groups is 1. The minimum Gasteiger partial charge on any atom is -0.335 e. The molecule has 1 aromatic heterocycles. The van der Waals surface area contributed by atoms with Gasteiger partial charge < -0.3 is 10.6 Å². The van der Waals surface area contributed by atoms with Gasteiger partial charge in [-0.25, -0.2) is 9.78 Å². The van der Waals surface area contributed by atoms with E-state index < -0.39 is 0 Å². The SMILES string of the molecule is Cc1cnc(C(C)NC(=O)NC2CCC(C)CC2C)s1. The Morgan fingerprint density at radius 3 is 2.80 bits per heavy atom. The first-order valence-corrected chi connectivity index (χ1v) is 8.26. The standard InChI is InChI=1S/C15H25N3OS/c1-9-5-6-13(10(2)7-9)18-15(19)17-12(4)14-16-8-11(3)20-14/h8-10,12-13H,5-7H2,1-4H3,(H2,17,18,19). The Morgan fingerprint density at radius 2 is 2.20 bits per heavy atom. The molecule has 0 aromatic carbocycles. The minimum atomic E-state index is -0.0724. The number of carbonyl (C=O) groups is 1. The second-order valence-corrected chi connectivity index (χ2v) is 7.42. The van der Waals surface area contributed by atoms with Crippen LogP contribution in [0.5, 0.6) is 0 Å². The van der Waals surface area contributed by atoms with E-state index in [0.717, 1.165) is 17.3 Å². The van der Waals surface area contributed by atoms with Gasteiger partial charge in [-0.1, -0.05) is 13.8 Å². The second kappa shape index (κ2) is 6.57. The molecule has 2 N–H and O–H groups in total. The van der Waals surface area contributed by atoms with E-state index in [1.54, 1.807) is 11.3 Å². The molecule has 0 saturated heterocycles. The van der Waals surface area contributed by atoms with Crippen LogP contribution in [0.15, 0.2) is 6.20 Å². The van der Waals surface area contributed by atoms with E-state index in [9.17, 15) is 4.79 Å². The Hall–Kier alpha value is -1.10. The first-order chi connectivity index (χ1) is 9.45. The molecular weight excluding hydrogens is 270 g/mol. The van der Waals surface area contributed by atoms with Crippen molar-refractivity contribution < 1.29 is 4.79 Å². The summed E-state index contributed by atoms with van der Waals surface area (Å²) in [7, 11) is 0. The lowest BCUT2D eigenvalue weighted by Crippen LogP contribution is -2.47. The highest BCUT2D eigenvalue weighted by Crippen LogP contribution is 2.28. The van der Waals surface area contributed by atoms with Crippen molar-refractivity contribution in [3.63, 3.8) is 0 Å². The van der Waals surface area contributed by atoms with Gasteiger partial charge >= 0.3 is 6.03 Å². The zero-order chi connectivity index (χ0) is 14.7. The highest BCUT2D eigenvalue weighted by atomic mass is 32.1. The van der Waals surface area contributed by atoms with Crippen molar-refractivity contribution >= 4 is 17.4 Å². The van der Waals surface area contributed by atoms with Crippen LogP contribution < -0.4 is 10.6 Å². The number of nitrogens with one attached hydrogen (secondary N) is 2. The van der Waals surface area contributed by atoms with Crippen molar-refractivity contribution in [2.75, 3.05) is 0 Å². The highest BCUT2D eigenvalue weighted by molar-refractivity contribution is 7.11. The van der Waals surface area contributed by atoms with Crippen molar-refractivity contribution in [3.05, 3.63) is 16.1 Å². The Labute approximate surface area is 125 Å². The van der Waals surface area contributed by atoms with E-state index in [1.807, 2.05) is 20.0 Å². The maximum Gasteiger partial charge on any atom is 0.315 e. The molecule has 0 spiro atoms. The fraction of sp³-hybridized carbons (Fsp3) is 0.733. The largest absolute Gasteiger partial charge is 0.335 e. The van der Waals surface area contributed by atoms with Crippen molar-refractivity contribution in [1.29, 1.82) is 0 Å². The highest BCUT2D eigenvalue weighted by Gasteiger charge is 2.26. The molecule has 0 radical (unpaired) electrons. The fourth-order valence-corrected chi connectivity index (χ4v) is 3.70. The lowest BCUT2D eigenvalue weighted by Gasteiger charge is -2.33. The summed E-state index contributed by atoms with van der Waals surface area (Å²) in [6, 6.07) is 0.194. The lowest BCUT2D eigenvalue weighted by atomic mass is 9.80. The molecule has 1 aliphatic carbocycles. The average molecular weight is 295 g/mol. The van der Waals surface area contributed by atoms with Gasteiger partial charge in [-0.3, -0.25) is 0 Å². The number of amides is 2. The summed E-state index contributed by atoms with van der Waals surface area (Å²) < 4.78 is 0. The van der Waals surface area contributed by atoms with Crippen LogP contribution in [-0.2, 0) is 0 Å². The van der Waals surface area contributed by atoms with Gasteiger partial charge in [-0.05, 0) is 44.9 Å². The third kappa shape index (κ3) is 3.95. The zero-order valence-electron chi connectivity index (χ0n) is 12.8. The molecule has 112 valence electrons. The van der Waals surface area contributed by atoms with Gasteiger partial charge in [0.1, 0.15) is 5.01 Å². The van der Waals surface area contributed by atoms with Gasteiger partial charge in [0.05, 0.1) is 6.04 Å². The Kier molecular flexibility index (Phi) is 5.02. The van der Waals surface area contributed by atoms with E-state index >= 15 is 0 Å². The number of carbonyl (C=O) groups excluding carboxylic acids is 1. The number of aromatic nitrogens is 1. The molecule has 2 rings (SSSR count). The Bertz CT molecular complexity index is 460. The van der Waals surface area contributed by atoms with Crippen LogP contribution in [0, 0.1) is 18.8 Å². The number of hydrogen-bond acceptors (Lipinski definition) is 3. The van der Waals surface area contributed by atoms with Crippen LogP contribution in [0.4, 0.5) is 4.79 Å². The predicted molar refractivity (Wildman–Crippen MR) is 82.9 cm³/mol. The predicted octanol–water partition coefficient (Wildman–Crippen LogP) is 3.64. The van der Waals surface area contributed by atoms with Crippen LogP contribution >= 0.6 is 11.3 Å². The summed E-state index contributed by atoms with van der Waals surface area (Å²) in [5.74, 6) is 1.34. The summed E-state index contributed by atoms with van der Waals surface area (Å²) in [5.41, 5.74) is 0. The number of thiazole rings is 1. The normalized spacial score (nSPS) is 27.9. The monoisotopic (exact) mass is 295 g/mol. The molecule has 4 unspecified atom stereocenters. The first-order valence-electron chi connectivity index (χ1n) is 7.45. The molecule has 1 aliphatic rings. The molecule has 1 heterocycles. The smallest absolute Gasteiger partial charge is 0.315 e. The molecule has 0 bridgehead atoms. The second-order valence-electron chi connectivity index (χ2n) is 6.15. The average Bonchev–Trinajstić information content (AvgIpc) is 2.79. The van der Waals surface area contributed by atoms with Crippen molar-refractivity contribution in [3.8, 4) is 0 Å². The molecule has 2 amide bonds. The Balaban J connectivity index is 1.83. The summed E-state index contributed by atoms with van der Waals surface area (Å²) in [5, 5.41) is 7.07. The number of aryl methyl sites for hydroxylation is 1. The maximum absolute atomic E-state index is 12.1. The molecule has 4 nitrogen and oxygen atoms in total. The van der Waals surface area contributed by atoms with E-state index in [1.165, 1.54) is 17.7 Å². The third-order valence-corrected chi connectivity index (χ3v) is 5.20. The van der Waals surface area contributed by atoms with Gasteiger partial charge in [0, 0.05) is 17.1 Å². The number of hydrogen-bond donors (Lipinski definition) is 2. The molecule has 5 heteroatoms. The van der Waals surface area contributed by atoms with Gasteiger partial charge in [0.25, 0.3) is 0 Å². The van der Waals surface area contributed by atoms with Gasteiger partial charge in [-0.15, -0.1) is 11.3 Å². The molecule has 1 fully saturated rings. The van der Waals surface area contributed by atoms with E-state index in [4.69, 9.17) is 0 Å². The molecule has 20 heavy (non-hydrogen) atoms. The van der Waals surface area contributed by atoms with E-state index in [2.05, 4.69) is 29.5 Å². The van der Waals surface area contributed by atoms with Gasteiger partial charge in [0.15, 0.2) is 0 Å². The minimum absolute atomic E-state index is 0.0356. The maximum atomic E-state index is 12.1. The van der Waals surface area contributed by atoms with E-state index in [-0.39, 0.29) is 12.1 Å². The quantitative estimate of drug-likeness (QED) is 0.894. The molecular formula is C15H25N3OS. The molecule has 0 aliphatic heterocycles. The molecule has 4 atom stereocenters. The van der Waals surface area contributed by atoms with Gasteiger partial charge in [-0.2, -0.15) is 0 Å². The lowest BCUT2D eigenvalue weighted by molar-refractivity contribution is 0.204. The molecule has 1 aromatic rings. The van der Waals surface area contributed by atoms with Crippen LogP contribution in [0.1, 0.15) is 56.0 Å². The van der Waals surface area contributed by atoms with E-state index in [0.29, 0.717) is 12.0 Å². The van der Waals surface area contributed by atoms with Crippen LogP contribution in [0.3, 0.4) is 0 Å². The summed E-state index contributed by atoms with van der Waals surface area (Å²) in [6.45, 7) is 8.52. The van der Waals surface area contributed by atoms with Crippen LogP contribution in [0.25, 0.3) is 0 Å². The summed E-state index contributed by atoms with van der Waals surface area (Å²) in [4.78, 5) is 17.6. The fourth-order valence-electron chi connectivity index (χ4n) is 2.92.